The monoisotopic (exact) mass is 263 g/mol. The Kier molecular flexibility index (Phi) is 5.13. The van der Waals surface area contributed by atoms with Gasteiger partial charge in [0.15, 0.2) is 0 Å². The van der Waals surface area contributed by atoms with Gasteiger partial charge >= 0.3 is 0 Å². The summed E-state index contributed by atoms with van der Waals surface area (Å²) in [4.78, 5) is 0. The second-order valence-electron chi connectivity index (χ2n) is 5.42. The van der Waals surface area contributed by atoms with E-state index in [2.05, 4.69) is 56.0 Å². The SMILES string of the molecule is CCCNC(c1ccc(C)cc1C)C1CCSC1. The van der Waals surface area contributed by atoms with E-state index in [0.29, 0.717) is 6.04 Å². The van der Waals surface area contributed by atoms with Crippen molar-refractivity contribution in [2.24, 2.45) is 5.92 Å². The fraction of sp³-hybridized carbons (Fsp3) is 0.625. The number of hydrogen-bond acceptors (Lipinski definition) is 2. The fourth-order valence-corrected chi connectivity index (χ4v) is 4.12. The molecule has 1 aliphatic heterocycles. The molecule has 2 atom stereocenters. The highest BCUT2D eigenvalue weighted by Gasteiger charge is 2.27. The highest BCUT2D eigenvalue weighted by molar-refractivity contribution is 7.99. The summed E-state index contributed by atoms with van der Waals surface area (Å²) in [5.41, 5.74) is 4.33. The molecule has 1 aromatic rings. The van der Waals surface area contributed by atoms with Crippen molar-refractivity contribution in [3.05, 3.63) is 34.9 Å². The van der Waals surface area contributed by atoms with Crippen LogP contribution in [0.1, 0.15) is 42.5 Å². The summed E-state index contributed by atoms with van der Waals surface area (Å²) in [6, 6.07) is 7.46. The first-order valence-corrected chi connectivity index (χ1v) is 8.26. The molecule has 1 heterocycles. The first-order chi connectivity index (χ1) is 8.72. The van der Waals surface area contributed by atoms with Gasteiger partial charge in [-0.2, -0.15) is 11.8 Å². The van der Waals surface area contributed by atoms with Gasteiger partial charge in [-0.3, -0.25) is 0 Å². The van der Waals surface area contributed by atoms with Crippen molar-refractivity contribution in [3.8, 4) is 0 Å². The molecule has 0 aliphatic carbocycles. The molecule has 1 aliphatic rings. The second kappa shape index (κ2) is 6.63. The molecule has 1 saturated heterocycles. The Hall–Kier alpha value is -0.470. The van der Waals surface area contributed by atoms with Crippen molar-refractivity contribution in [3.63, 3.8) is 0 Å². The zero-order chi connectivity index (χ0) is 13.0. The van der Waals surface area contributed by atoms with Crippen molar-refractivity contribution >= 4 is 11.8 Å². The Morgan fingerprint density at radius 3 is 2.83 bits per heavy atom. The van der Waals surface area contributed by atoms with Crippen LogP contribution in [0.5, 0.6) is 0 Å². The zero-order valence-corrected chi connectivity index (χ0v) is 12.6. The van der Waals surface area contributed by atoms with Crippen LogP contribution in [0.4, 0.5) is 0 Å². The predicted molar refractivity (Wildman–Crippen MR) is 82.4 cm³/mol. The summed E-state index contributed by atoms with van der Waals surface area (Å²) in [7, 11) is 0. The van der Waals surface area contributed by atoms with Crippen LogP contribution >= 0.6 is 11.8 Å². The van der Waals surface area contributed by atoms with E-state index in [-0.39, 0.29) is 0 Å². The summed E-state index contributed by atoms with van der Waals surface area (Å²) in [6.45, 7) is 7.80. The molecular formula is C16H25NS. The molecule has 100 valence electrons. The number of nitrogens with one attached hydrogen (secondary N) is 1. The van der Waals surface area contributed by atoms with Gasteiger partial charge in [-0.25, -0.2) is 0 Å². The smallest absolute Gasteiger partial charge is 0.0359 e. The van der Waals surface area contributed by atoms with E-state index in [4.69, 9.17) is 0 Å². The maximum atomic E-state index is 3.77. The van der Waals surface area contributed by atoms with Gasteiger partial charge in [0.05, 0.1) is 0 Å². The molecule has 0 bridgehead atoms. The quantitative estimate of drug-likeness (QED) is 0.858. The number of thioether (sulfide) groups is 1. The van der Waals surface area contributed by atoms with E-state index in [9.17, 15) is 0 Å². The maximum Gasteiger partial charge on any atom is 0.0359 e. The Bertz CT molecular complexity index is 383. The Balaban J connectivity index is 2.20. The Labute approximate surface area is 116 Å². The number of aryl methyl sites for hydroxylation is 2. The van der Waals surface area contributed by atoms with E-state index < -0.39 is 0 Å². The van der Waals surface area contributed by atoms with Crippen molar-refractivity contribution in [1.29, 1.82) is 0 Å². The largest absolute Gasteiger partial charge is 0.310 e. The molecule has 0 radical (unpaired) electrons. The van der Waals surface area contributed by atoms with Gasteiger partial charge in [-0.05, 0) is 61.8 Å². The predicted octanol–water partition coefficient (Wildman–Crippen LogP) is 4.10. The maximum absolute atomic E-state index is 3.77. The van der Waals surface area contributed by atoms with Crippen LogP contribution in [-0.4, -0.2) is 18.1 Å². The summed E-state index contributed by atoms with van der Waals surface area (Å²) >= 11 is 2.11. The third-order valence-electron chi connectivity index (χ3n) is 3.81. The van der Waals surface area contributed by atoms with Gasteiger partial charge in [0.2, 0.25) is 0 Å². The summed E-state index contributed by atoms with van der Waals surface area (Å²) in [5.74, 6) is 3.46. The minimum absolute atomic E-state index is 0.556. The minimum atomic E-state index is 0.556. The summed E-state index contributed by atoms with van der Waals surface area (Å²) in [5, 5.41) is 3.77. The molecule has 2 unspecified atom stereocenters. The van der Waals surface area contributed by atoms with Gasteiger partial charge in [-0.1, -0.05) is 30.7 Å². The van der Waals surface area contributed by atoms with Crippen LogP contribution < -0.4 is 5.32 Å². The van der Waals surface area contributed by atoms with Crippen LogP contribution in [0.3, 0.4) is 0 Å². The van der Waals surface area contributed by atoms with Crippen molar-refractivity contribution in [2.75, 3.05) is 18.1 Å². The van der Waals surface area contributed by atoms with Crippen LogP contribution in [-0.2, 0) is 0 Å². The van der Waals surface area contributed by atoms with Crippen molar-refractivity contribution < 1.29 is 0 Å². The molecular weight excluding hydrogens is 238 g/mol. The fourth-order valence-electron chi connectivity index (χ4n) is 2.82. The molecule has 1 aromatic carbocycles. The molecule has 0 amide bonds. The van der Waals surface area contributed by atoms with Gasteiger partial charge in [0, 0.05) is 6.04 Å². The molecule has 18 heavy (non-hydrogen) atoms. The third-order valence-corrected chi connectivity index (χ3v) is 5.00. The van der Waals surface area contributed by atoms with Crippen LogP contribution in [0.2, 0.25) is 0 Å². The van der Waals surface area contributed by atoms with Gasteiger partial charge in [-0.15, -0.1) is 0 Å². The molecule has 1 fully saturated rings. The highest BCUT2D eigenvalue weighted by atomic mass is 32.2. The molecule has 0 saturated carbocycles. The lowest BCUT2D eigenvalue weighted by Gasteiger charge is -2.26. The highest BCUT2D eigenvalue weighted by Crippen LogP contribution is 2.35. The van der Waals surface area contributed by atoms with E-state index in [1.54, 1.807) is 0 Å². The van der Waals surface area contributed by atoms with Gasteiger partial charge < -0.3 is 5.32 Å². The van der Waals surface area contributed by atoms with Crippen molar-refractivity contribution in [2.45, 2.75) is 39.7 Å². The first-order valence-electron chi connectivity index (χ1n) is 7.10. The van der Waals surface area contributed by atoms with Gasteiger partial charge in [0.25, 0.3) is 0 Å². The Morgan fingerprint density at radius 1 is 1.39 bits per heavy atom. The van der Waals surface area contributed by atoms with Crippen LogP contribution in [0.15, 0.2) is 18.2 Å². The molecule has 2 heteroatoms. The van der Waals surface area contributed by atoms with E-state index >= 15 is 0 Å². The lowest BCUT2D eigenvalue weighted by Crippen LogP contribution is -2.29. The lowest BCUT2D eigenvalue weighted by atomic mass is 9.89. The van der Waals surface area contributed by atoms with Crippen LogP contribution in [0, 0.1) is 19.8 Å². The average molecular weight is 263 g/mol. The average Bonchev–Trinajstić information content (AvgIpc) is 2.85. The Morgan fingerprint density at radius 2 is 2.22 bits per heavy atom. The number of hydrogen-bond donors (Lipinski definition) is 1. The molecule has 1 N–H and O–H groups in total. The second-order valence-corrected chi connectivity index (χ2v) is 6.57. The molecule has 1 nitrogen and oxygen atoms in total. The molecule has 2 rings (SSSR count). The number of rotatable bonds is 5. The van der Waals surface area contributed by atoms with Crippen molar-refractivity contribution in [1.82, 2.24) is 5.32 Å². The third kappa shape index (κ3) is 3.30. The van der Waals surface area contributed by atoms with Crippen LogP contribution in [0.25, 0.3) is 0 Å². The standard InChI is InChI=1S/C16H25NS/c1-4-8-17-16(14-7-9-18-11-14)15-6-5-12(2)10-13(15)3/h5-6,10,14,16-17H,4,7-9,11H2,1-3H3. The number of benzene rings is 1. The molecule has 0 aromatic heterocycles. The van der Waals surface area contributed by atoms with E-state index in [1.165, 1.54) is 41.0 Å². The lowest BCUT2D eigenvalue weighted by molar-refractivity contribution is 0.392. The molecule has 0 spiro atoms. The normalized spacial score (nSPS) is 21.2. The summed E-state index contributed by atoms with van der Waals surface area (Å²) in [6.07, 6.45) is 2.57. The zero-order valence-electron chi connectivity index (χ0n) is 11.8. The first kappa shape index (κ1) is 14.0. The summed E-state index contributed by atoms with van der Waals surface area (Å²) < 4.78 is 0. The minimum Gasteiger partial charge on any atom is -0.310 e. The van der Waals surface area contributed by atoms with E-state index in [0.717, 1.165) is 12.5 Å². The van der Waals surface area contributed by atoms with Gasteiger partial charge in [0.1, 0.15) is 0 Å². The topological polar surface area (TPSA) is 12.0 Å². The van der Waals surface area contributed by atoms with E-state index in [1.807, 2.05) is 0 Å².